The van der Waals surface area contributed by atoms with Gasteiger partial charge >= 0.3 is 6.03 Å². The Hall–Kier alpha value is -3.45. The topological polar surface area (TPSA) is 93.4 Å². The molecule has 8 heteroatoms. The van der Waals surface area contributed by atoms with Gasteiger partial charge in [0.05, 0.1) is 18.5 Å². The van der Waals surface area contributed by atoms with Crippen LogP contribution in [0.15, 0.2) is 65.3 Å². The minimum atomic E-state index is -0.361. The van der Waals surface area contributed by atoms with E-state index in [1.807, 2.05) is 17.0 Å². The third kappa shape index (κ3) is 3.58. The largest absolute Gasteiger partial charge is 0.448 e. The van der Waals surface area contributed by atoms with Gasteiger partial charge in [-0.05, 0) is 48.5 Å². The van der Waals surface area contributed by atoms with Crippen molar-refractivity contribution in [1.29, 1.82) is 5.41 Å². The summed E-state index contributed by atoms with van der Waals surface area (Å²) in [5, 5.41) is 17.5. The molecular formula is C19H16ClN5O2. The molecule has 0 saturated carbocycles. The number of amidine groups is 1. The van der Waals surface area contributed by atoms with E-state index in [9.17, 15) is 4.79 Å². The number of furan rings is 1. The molecule has 2 aromatic carbocycles. The van der Waals surface area contributed by atoms with Gasteiger partial charge in [0.1, 0.15) is 5.84 Å². The predicted octanol–water partition coefficient (Wildman–Crippen LogP) is 4.79. The van der Waals surface area contributed by atoms with Crippen LogP contribution in [0.5, 0.6) is 0 Å². The molecule has 0 radical (unpaired) electrons. The number of benzene rings is 2. The van der Waals surface area contributed by atoms with Gasteiger partial charge in [0.15, 0.2) is 0 Å². The van der Waals surface area contributed by atoms with Crippen LogP contribution in [0, 0.1) is 5.41 Å². The summed E-state index contributed by atoms with van der Waals surface area (Å²) in [4.78, 5) is 13.9. The number of anilines is 4. The summed E-state index contributed by atoms with van der Waals surface area (Å²) in [6, 6.07) is 15.6. The van der Waals surface area contributed by atoms with Crippen molar-refractivity contribution in [3.63, 3.8) is 0 Å². The number of nitrogens with one attached hydrogen (secondary N) is 4. The lowest BCUT2D eigenvalue weighted by Crippen LogP contribution is -2.39. The smallest absolute Gasteiger partial charge is 0.323 e. The van der Waals surface area contributed by atoms with Gasteiger partial charge in [-0.3, -0.25) is 5.41 Å². The van der Waals surface area contributed by atoms with E-state index in [1.54, 1.807) is 48.7 Å². The summed E-state index contributed by atoms with van der Waals surface area (Å²) in [6.45, 7) is 0.432. The van der Waals surface area contributed by atoms with E-state index in [-0.39, 0.29) is 6.03 Å². The van der Waals surface area contributed by atoms with Gasteiger partial charge in [-0.15, -0.1) is 0 Å². The van der Waals surface area contributed by atoms with Gasteiger partial charge < -0.3 is 25.3 Å². The van der Waals surface area contributed by atoms with Crippen LogP contribution in [0.3, 0.4) is 0 Å². The Morgan fingerprint density at radius 1 is 1.11 bits per heavy atom. The van der Waals surface area contributed by atoms with E-state index in [0.717, 1.165) is 5.69 Å². The fourth-order valence-corrected chi connectivity index (χ4v) is 3.00. The monoisotopic (exact) mass is 381 g/mol. The molecule has 1 aliphatic heterocycles. The number of hydrogen-bond acceptors (Lipinski definition) is 4. The van der Waals surface area contributed by atoms with Gasteiger partial charge in [-0.1, -0.05) is 17.7 Å². The molecule has 0 atom stereocenters. The van der Waals surface area contributed by atoms with Crippen molar-refractivity contribution in [2.75, 3.05) is 27.5 Å². The van der Waals surface area contributed by atoms with Crippen LogP contribution in [-0.4, -0.2) is 18.5 Å². The maximum atomic E-state index is 12.1. The normalized spacial score (nSPS) is 12.9. The molecule has 2 heterocycles. The van der Waals surface area contributed by atoms with E-state index in [4.69, 9.17) is 21.4 Å². The molecule has 2 amide bonds. The van der Waals surface area contributed by atoms with Crippen molar-refractivity contribution in [3.05, 3.63) is 71.4 Å². The highest BCUT2D eigenvalue weighted by atomic mass is 35.5. The molecular weight excluding hydrogens is 366 g/mol. The van der Waals surface area contributed by atoms with Crippen molar-refractivity contribution in [3.8, 4) is 0 Å². The molecule has 0 unspecified atom stereocenters. The number of fused-ring (bicyclic) bond motifs is 1. The molecule has 136 valence electrons. The van der Waals surface area contributed by atoms with Gasteiger partial charge in [0.2, 0.25) is 5.88 Å². The fraction of sp³-hybridized carbons (Fsp3) is 0.0526. The van der Waals surface area contributed by atoms with E-state index in [0.29, 0.717) is 40.3 Å². The molecule has 0 saturated heterocycles. The molecule has 0 spiro atoms. The van der Waals surface area contributed by atoms with E-state index in [1.165, 1.54) is 0 Å². The molecule has 0 aliphatic carbocycles. The number of rotatable bonds is 3. The molecule has 7 nitrogen and oxygen atoms in total. The van der Waals surface area contributed by atoms with Crippen molar-refractivity contribution in [2.24, 2.45) is 0 Å². The summed E-state index contributed by atoms with van der Waals surface area (Å²) in [5.74, 6) is 0.962. The van der Waals surface area contributed by atoms with Crippen LogP contribution in [-0.2, 0) is 0 Å². The molecule has 27 heavy (non-hydrogen) atoms. The minimum absolute atomic E-state index is 0.358. The molecule has 0 bridgehead atoms. The van der Waals surface area contributed by atoms with E-state index >= 15 is 0 Å². The second kappa shape index (κ2) is 7.05. The Bertz CT molecular complexity index is 999. The first-order valence-electron chi connectivity index (χ1n) is 8.21. The third-order valence-electron chi connectivity index (χ3n) is 4.11. The van der Waals surface area contributed by atoms with E-state index in [2.05, 4.69) is 16.0 Å². The molecule has 1 aliphatic rings. The molecule has 0 fully saturated rings. The lowest BCUT2D eigenvalue weighted by molar-refractivity contribution is 0.262. The summed E-state index contributed by atoms with van der Waals surface area (Å²) < 4.78 is 5.29. The zero-order chi connectivity index (χ0) is 18.8. The standard InChI is InChI=1S/C19H16ClN5O2/c20-12-2-1-3-14(10-12)24-19(26)23-13-4-6-15(7-5-13)25-11-22-18-16(17(25)21)8-9-27-18/h1-10,21-22H,11H2,(H2,23,24,26). The highest BCUT2D eigenvalue weighted by Gasteiger charge is 2.24. The second-order valence-corrected chi connectivity index (χ2v) is 6.35. The highest BCUT2D eigenvalue weighted by molar-refractivity contribution is 6.30. The fourth-order valence-electron chi connectivity index (χ4n) is 2.81. The molecule has 4 rings (SSSR count). The van der Waals surface area contributed by atoms with Crippen LogP contribution < -0.4 is 20.9 Å². The summed E-state index contributed by atoms with van der Waals surface area (Å²) in [6.07, 6.45) is 1.56. The quantitative estimate of drug-likeness (QED) is 0.524. The SMILES string of the molecule is N=C1c2ccoc2NCN1c1ccc(NC(=O)Nc2cccc(Cl)c2)cc1. The first-order chi connectivity index (χ1) is 13.1. The molecule has 4 N–H and O–H groups in total. The van der Waals surface area contributed by atoms with Crippen molar-refractivity contribution in [2.45, 2.75) is 0 Å². The Balaban J connectivity index is 1.42. The lowest BCUT2D eigenvalue weighted by atomic mass is 10.2. The number of hydrogen-bond donors (Lipinski definition) is 4. The average molecular weight is 382 g/mol. The van der Waals surface area contributed by atoms with Gasteiger partial charge in [-0.25, -0.2) is 4.79 Å². The number of carbonyl (C=O) groups is 1. The van der Waals surface area contributed by atoms with Gasteiger partial charge in [-0.2, -0.15) is 0 Å². The summed E-state index contributed by atoms with van der Waals surface area (Å²) in [5.41, 5.74) is 2.80. The van der Waals surface area contributed by atoms with Crippen LogP contribution in [0.25, 0.3) is 0 Å². The Labute approximate surface area is 160 Å². The van der Waals surface area contributed by atoms with Gasteiger partial charge in [0.25, 0.3) is 0 Å². The van der Waals surface area contributed by atoms with Crippen LogP contribution in [0.2, 0.25) is 5.02 Å². The van der Waals surface area contributed by atoms with Crippen molar-refractivity contribution in [1.82, 2.24) is 0 Å². The zero-order valence-corrected chi connectivity index (χ0v) is 14.9. The van der Waals surface area contributed by atoms with E-state index < -0.39 is 0 Å². The number of halogens is 1. The predicted molar refractivity (Wildman–Crippen MR) is 107 cm³/mol. The van der Waals surface area contributed by atoms with Crippen LogP contribution in [0.1, 0.15) is 5.56 Å². The van der Waals surface area contributed by atoms with Crippen LogP contribution in [0.4, 0.5) is 27.7 Å². The maximum Gasteiger partial charge on any atom is 0.323 e. The first-order valence-corrected chi connectivity index (χ1v) is 8.59. The molecule has 1 aromatic heterocycles. The van der Waals surface area contributed by atoms with Crippen LogP contribution >= 0.6 is 11.6 Å². The Morgan fingerprint density at radius 2 is 1.89 bits per heavy atom. The Morgan fingerprint density at radius 3 is 2.67 bits per heavy atom. The zero-order valence-electron chi connectivity index (χ0n) is 14.1. The third-order valence-corrected chi connectivity index (χ3v) is 4.34. The number of urea groups is 1. The lowest BCUT2D eigenvalue weighted by Gasteiger charge is -2.29. The Kier molecular flexibility index (Phi) is 4.43. The number of nitrogens with zero attached hydrogens (tertiary/aromatic N) is 1. The number of amides is 2. The van der Waals surface area contributed by atoms with Crippen molar-refractivity contribution < 1.29 is 9.21 Å². The summed E-state index contributed by atoms with van der Waals surface area (Å²) >= 11 is 5.91. The second-order valence-electron chi connectivity index (χ2n) is 5.91. The maximum absolute atomic E-state index is 12.1. The van der Waals surface area contributed by atoms with Gasteiger partial charge in [0, 0.05) is 22.1 Å². The molecule has 3 aromatic rings. The minimum Gasteiger partial charge on any atom is -0.448 e. The first kappa shape index (κ1) is 17.0. The number of carbonyl (C=O) groups excluding carboxylic acids is 1. The summed E-state index contributed by atoms with van der Waals surface area (Å²) in [7, 11) is 0. The highest BCUT2D eigenvalue weighted by Crippen LogP contribution is 2.27. The average Bonchev–Trinajstić information content (AvgIpc) is 3.13. The van der Waals surface area contributed by atoms with Crippen molar-refractivity contribution >= 4 is 46.4 Å².